The molecule has 1 aliphatic carbocycles. The largest absolute Gasteiger partial charge is 0.376 e. The minimum Gasteiger partial charge on any atom is -0.376 e. The van der Waals surface area contributed by atoms with Crippen molar-refractivity contribution in [1.29, 1.82) is 0 Å². The average molecular weight is 255 g/mol. The highest BCUT2D eigenvalue weighted by Gasteiger charge is 2.42. The van der Waals surface area contributed by atoms with Crippen molar-refractivity contribution in [2.75, 3.05) is 13.7 Å². The average Bonchev–Trinajstić information content (AvgIpc) is 2.28. The van der Waals surface area contributed by atoms with Crippen LogP contribution in [0.15, 0.2) is 0 Å². The van der Waals surface area contributed by atoms with Crippen LogP contribution in [0.5, 0.6) is 0 Å². The molecule has 0 aromatic carbocycles. The number of ether oxygens (including phenoxy) is 2. The van der Waals surface area contributed by atoms with Gasteiger partial charge in [0.15, 0.2) is 5.82 Å². The summed E-state index contributed by atoms with van der Waals surface area (Å²) in [6, 6.07) is 0. The van der Waals surface area contributed by atoms with Gasteiger partial charge in [0.25, 0.3) is 0 Å². The minimum absolute atomic E-state index is 0.295. The Morgan fingerprint density at radius 3 is 2.82 bits per heavy atom. The van der Waals surface area contributed by atoms with E-state index in [1.807, 2.05) is 0 Å². The molecule has 0 bridgehead atoms. The van der Waals surface area contributed by atoms with E-state index in [9.17, 15) is 0 Å². The Morgan fingerprint density at radius 2 is 2.18 bits per heavy atom. The summed E-state index contributed by atoms with van der Waals surface area (Å²) >= 11 is 6.20. The van der Waals surface area contributed by atoms with Crippen molar-refractivity contribution >= 4 is 11.6 Å². The fraction of sp³-hybridized carbons (Fsp3) is 0.667. The molecule has 17 heavy (non-hydrogen) atoms. The first-order chi connectivity index (χ1) is 8.25. The van der Waals surface area contributed by atoms with Crippen LogP contribution in [0, 0.1) is 0 Å². The van der Waals surface area contributed by atoms with E-state index in [1.54, 1.807) is 7.11 Å². The molecular weight excluding hydrogens is 240 g/mol. The second-order valence-corrected chi connectivity index (χ2v) is 4.98. The Labute approximate surface area is 105 Å². The lowest BCUT2D eigenvalue weighted by Crippen LogP contribution is -2.38. The molecule has 1 aliphatic heterocycles. The van der Waals surface area contributed by atoms with Gasteiger partial charge in [-0.05, 0) is 19.3 Å². The van der Waals surface area contributed by atoms with Crippen LogP contribution < -0.4 is 0 Å². The van der Waals surface area contributed by atoms with Crippen LogP contribution in [0.4, 0.5) is 0 Å². The van der Waals surface area contributed by atoms with Crippen molar-refractivity contribution in [2.45, 2.75) is 37.9 Å². The van der Waals surface area contributed by atoms with E-state index in [4.69, 9.17) is 21.1 Å². The molecule has 0 N–H and O–H groups in total. The van der Waals surface area contributed by atoms with Crippen LogP contribution in [-0.4, -0.2) is 23.7 Å². The van der Waals surface area contributed by atoms with Gasteiger partial charge in [0.05, 0.1) is 18.9 Å². The zero-order valence-electron chi connectivity index (χ0n) is 9.83. The third-order valence-corrected chi connectivity index (χ3v) is 4.04. The zero-order chi connectivity index (χ0) is 11.9. The van der Waals surface area contributed by atoms with Crippen LogP contribution in [0.3, 0.4) is 0 Å². The lowest BCUT2D eigenvalue weighted by atomic mass is 9.79. The summed E-state index contributed by atoms with van der Waals surface area (Å²) in [4.78, 5) is 9.04. The summed E-state index contributed by atoms with van der Waals surface area (Å²) in [5.74, 6) is 0.747. The SMILES string of the molecule is COC1(c2nc(Cl)c3c(n2)CCOC3)CCC1. The van der Waals surface area contributed by atoms with Crippen molar-refractivity contribution < 1.29 is 9.47 Å². The van der Waals surface area contributed by atoms with E-state index in [1.165, 1.54) is 0 Å². The number of hydrogen-bond acceptors (Lipinski definition) is 4. The molecule has 0 amide bonds. The fourth-order valence-electron chi connectivity index (χ4n) is 2.41. The van der Waals surface area contributed by atoms with Crippen molar-refractivity contribution in [3.8, 4) is 0 Å². The predicted molar refractivity (Wildman–Crippen MR) is 62.9 cm³/mol. The van der Waals surface area contributed by atoms with Gasteiger partial charge in [-0.25, -0.2) is 9.97 Å². The molecule has 1 aromatic heterocycles. The van der Waals surface area contributed by atoms with Gasteiger partial charge in [0, 0.05) is 19.1 Å². The van der Waals surface area contributed by atoms with Crippen LogP contribution >= 0.6 is 11.6 Å². The Kier molecular flexibility index (Phi) is 2.81. The van der Waals surface area contributed by atoms with Crippen LogP contribution in [0.2, 0.25) is 5.15 Å². The highest BCUT2D eigenvalue weighted by atomic mass is 35.5. The summed E-state index contributed by atoms with van der Waals surface area (Å²) in [5.41, 5.74) is 1.67. The summed E-state index contributed by atoms with van der Waals surface area (Å²) in [6.45, 7) is 1.23. The monoisotopic (exact) mass is 254 g/mol. The molecule has 0 spiro atoms. The third-order valence-electron chi connectivity index (χ3n) is 3.73. The molecule has 2 heterocycles. The number of hydrogen-bond donors (Lipinski definition) is 0. The fourth-order valence-corrected chi connectivity index (χ4v) is 2.66. The third kappa shape index (κ3) is 1.75. The van der Waals surface area contributed by atoms with E-state index < -0.39 is 0 Å². The molecule has 3 rings (SSSR count). The number of methoxy groups -OCH3 is 1. The Hall–Kier alpha value is -0.710. The molecule has 1 fully saturated rings. The smallest absolute Gasteiger partial charge is 0.162 e. The lowest BCUT2D eigenvalue weighted by molar-refractivity contribution is -0.0849. The maximum atomic E-state index is 6.20. The van der Waals surface area contributed by atoms with Crippen LogP contribution in [-0.2, 0) is 28.1 Å². The number of fused-ring (bicyclic) bond motifs is 1. The molecule has 4 nitrogen and oxygen atoms in total. The van der Waals surface area contributed by atoms with E-state index >= 15 is 0 Å². The molecule has 0 unspecified atom stereocenters. The van der Waals surface area contributed by atoms with E-state index in [-0.39, 0.29) is 5.60 Å². The van der Waals surface area contributed by atoms with Crippen LogP contribution in [0.25, 0.3) is 0 Å². The highest BCUT2D eigenvalue weighted by Crippen LogP contribution is 2.43. The van der Waals surface area contributed by atoms with Crippen molar-refractivity contribution in [1.82, 2.24) is 9.97 Å². The van der Waals surface area contributed by atoms with Gasteiger partial charge >= 0.3 is 0 Å². The second kappa shape index (κ2) is 4.19. The normalized spacial score (nSPS) is 21.8. The number of halogens is 1. The number of nitrogens with zero attached hydrogens (tertiary/aromatic N) is 2. The number of aromatic nitrogens is 2. The van der Waals surface area contributed by atoms with E-state index in [0.717, 1.165) is 42.8 Å². The first kappa shape index (κ1) is 11.4. The predicted octanol–water partition coefficient (Wildman–Crippen LogP) is 2.23. The molecule has 1 aromatic rings. The Morgan fingerprint density at radius 1 is 1.35 bits per heavy atom. The zero-order valence-corrected chi connectivity index (χ0v) is 10.6. The second-order valence-electron chi connectivity index (χ2n) is 4.62. The van der Waals surface area contributed by atoms with Gasteiger partial charge in [-0.1, -0.05) is 11.6 Å². The summed E-state index contributed by atoms with van der Waals surface area (Å²) < 4.78 is 11.0. The molecular formula is C12H15ClN2O2. The molecule has 0 radical (unpaired) electrons. The molecule has 5 heteroatoms. The topological polar surface area (TPSA) is 44.2 Å². The quantitative estimate of drug-likeness (QED) is 0.760. The van der Waals surface area contributed by atoms with Crippen molar-refractivity contribution in [3.63, 3.8) is 0 Å². The highest BCUT2D eigenvalue weighted by molar-refractivity contribution is 6.30. The molecule has 0 saturated heterocycles. The molecule has 1 saturated carbocycles. The van der Waals surface area contributed by atoms with Gasteiger partial charge in [0.1, 0.15) is 10.8 Å². The summed E-state index contributed by atoms with van der Waals surface area (Å²) in [7, 11) is 1.72. The van der Waals surface area contributed by atoms with Gasteiger partial charge in [-0.15, -0.1) is 0 Å². The first-order valence-corrected chi connectivity index (χ1v) is 6.32. The Balaban J connectivity index is 2.04. The van der Waals surface area contributed by atoms with Gasteiger partial charge < -0.3 is 9.47 Å². The lowest BCUT2D eigenvalue weighted by Gasteiger charge is -2.39. The molecule has 0 atom stereocenters. The van der Waals surface area contributed by atoms with Crippen LogP contribution in [0.1, 0.15) is 36.3 Å². The Bertz CT molecular complexity index is 441. The minimum atomic E-state index is -0.295. The molecule has 2 aliphatic rings. The van der Waals surface area contributed by atoms with Gasteiger partial charge in [0.2, 0.25) is 0 Å². The maximum Gasteiger partial charge on any atom is 0.162 e. The summed E-state index contributed by atoms with van der Waals surface area (Å²) in [5, 5.41) is 0.521. The standard InChI is InChI=1S/C12H15ClN2O2/c1-16-12(4-2-5-12)11-14-9-3-6-17-7-8(9)10(13)15-11/h2-7H2,1H3. The molecule has 92 valence electrons. The maximum absolute atomic E-state index is 6.20. The van der Waals surface area contributed by atoms with Crippen molar-refractivity contribution in [3.05, 3.63) is 22.2 Å². The number of rotatable bonds is 2. The van der Waals surface area contributed by atoms with Gasteiger partial charge in [-0.3, -0.25) is 0 Å². The van der Waals surface area contributed by atoms with Gasteiger partial charge in [-0.2, -0.15) is 0 Å². The summed E-state index contributed by atoms with van der Waals surface area (Å²) in [6.07, 6.45) is 3.93. The van der Waals surface area contributed by atoms with E-state index in [2.05, 4.69) is 9.97 Å². The first-order valence-electron chi connectivity index (χ1n) is 5.94. The van der Waals surface area contributed by atoms with Crippen molar-refractivity contribution in [2.24, 2.45) is 0 Å². The van der Waals surface area contributed by atoms with E-state index in [0.29, 0.717) is 18.4 Å².